The monoisotopic (exact) mass is 391 g/mol. The first-order valence-corrected chi connectivity index (χ1v) is 10.5. The molecule has 29 heavy (non-hydrogen) atoms. The fourth-order valence-electron chi connectivity index (χ4n) is 4.97. The number of para-hydroxylation sites is 1. The Balaban J connectivity index is 1.32. The van der Waals surface area contributed by atoms with Crippen LogP contribution in [0.5, 0.6) is 5.75 Å². The number of likely N-dealkylation sites (tertiary alicyclic amines) is 1. The minimum Gasteiger partial charge on any atom is -0.496 e. The third kappa shape index (κ3) is 3.25. The maximum absolute atomic E-state index is 5.59. The van der Waals surface area contributed by atoms with Crippen molar-refractivity contribution in [2.24, 2.45) is 5.41 Å². The number of benzene rings is 1. The van der Waals surface area contributed by atoms with Crippen molar-refractivity contribution >= 4 is 0 Å². The first-order valence-electron chi connectivity index (χ1n) is 10.5. The van der Waals surface area contributed by atoms with Crippen molar-refractivity contribution in [3.63, 3.8) is 0 Å². The Morgan fingerprint density at radius 2 is 2.03 bits per heavy atom. The minimum absolute atomic E-state index is 0.300. The summed E-state index contributed by atoms with van der Waals surface area (Å²) in [6, 6.07) is 8.64. The van der Waals surface area contributed by atoms with Gasteiger partial charge in [0.25, 0.3) is 0 Å². The Kier molecular flexibility index (Phi) is 4.46. The standard InChI is InChI=1S/C23H29N5O/c1-17(2)28-14-18(11-25-28)13-26-9-8-23(15-26)10-22-24-12-20(27(22)16-23)19-6-4-5-7-21(19)29-3/h4-7,11-12,14,17H,8-10,13,15-16H2,1-3H3/t23-/m1/s1. The number of imidazole rings is 1. The van der Waals surface area contributed by atoms with Gasteiger partial charge in [-0.25, -0.2) is 4.98 Å². The molecule has 2 aliphatic heterocycles. The van der Waals surface area contributed by atoms with E-state index >= 15 is 0 Å². The maximum atomic E-state index is 5.59. The molecular formula is C23H29N5O. The number of methoxy groups -OCH3 is 1. The Morgan fingerprint density at radius 1 is 1.17 bits per heavy atom. The lowest BCUT2D eigenvalue weighted by Crippen LogP contribution is -2.28. The zero-order valence-corrected chi connectivity index (χ0v) is 17.5. The molecule has 0 bridgehead atoms. The van der Waals surface area contributed by atoms with Crippen LogP contribution in [-0.2, 0) is 19.5 Å². The Bertz CT molecular complexity index is 1020. The van der Waals surface area contributed by atoms with Gasteiger partial charge in [-0.05, 0) is 38.9 Å². The third-order valence-corrected chi connectivity index (χ3v) is 6.46. The molecule has 0 unspecified atom stereocenters. The summed E-state index contributed by atoms with van der Waals surface area (Å²) in [5.74, 6) is 2.12. The molecule has 1 aromatic carbocycles. The van der Waals surface area contributed by atoms with E-state index in [0.717, 1.165) is 43.9 Å². The number of ether oxygens (including phenoxy) is 1. The summed E-state index contributed by atoms with van der Waals surface area (Å²) >= 11 is 0. The maximum Gasteiger partial charge on any atom is 0.128 e. The summed E-state index contributed by atoms with van der Waals surface area (Å²) in [6.45, 7) is 8.62. The molecule has 0 aliphatic carbocycles. The molecule has 152 valence electrons. The van der Waals surface area contributed by atoms with Crippen LogP contribution < -0.4 is 4.74 Å². The fraction of sp³-hybridized carbons (Fsp3) is 0.478. The van der Waals surface area contributed by atoms with Crippen LogP contribution in [0.2, 0.25) is 0 Å². The molecular weight excluding hydrogens is 362 g/mol. The van der Waals surface area contributed by atoms with Gasteiger partial charge >= 0.3 is 0 Å². The van der Waals surface area contributed by atoms with E-state index in [-0.39, 0.29) is 0 Å². The average Bonchev–Trinajstić information content (AvgIpc) is 3.48. The average molecular weight is 392 g/mol. The zero-order chi connectivity index (χ0) is 20.0. The van der Waals surface area contributed by atoms with E-state index in [2.05, 4.69) is 46.7 Å². The smallest absolute Gasteiger partial charge is 0.128 e. The molecule has 3 aromatic rings. The van der Waals surface area contributed by atoms with Crippen LogP contribution in [0, 0.1) is 5.41 Å². The van der Waals surface area contributed by atoms with Gasteiger partial charge in [0.2, 0.25) is 0 Å². The van der Waals surface area contributed by atoms with Gasteiger partial charge in [-0.2, -0.15) is 5.10 Å². The van der Waals surface area contributed by atoms with Crippen LogP contribution in [0.25, 0.3) is 11.3 Å². The topological polar surface area (TPSA) is 48.1 Å². The second-order valence-electron chi connectivity index (χ2n) is 8.91. The summed E-state index contributed by atoms with van der Waals surface area (Å²) in [6.07, 6.45) is 8.50. The number of nitrogens with zero attached hydrogens (tertiary/aromatic N) is 5. The Morgan fingerprint density at radius 3 is 2.83 bits per heavy atom. The highest BCUT2D eigenvalue weighted by molar-refractivity contribution is 5.67. The molecule has 1 fully saturated rings. The van der Waals surface area contributed by atoms with Gasteiger partial charge in [-0.1, -0.05) is 12.1 Å². The van der Waals surface area contributed by atoms with Gasteiger partial charge in [0.15, 0.2) is 0 Å². The molecule has 0 radical (unpaired) electrons. The predicted octanol–water partition coefficient (Wildman–Crippen LogP) is 3.78. The van der Waals surface area contributed by atoms with Crippen molar-refractivity contribution in [3.05, 3.63) is 54.2 Å². The summed E-state index contributed by atoms with van der Waals surface area (Å²) < 4.78 is 10.1. The van der Waals surface area contributed by atoms with Crippen molar-refractivity contribution in [2.45, 2.75) is 45.8 Å². The van der Waals surface area contributed by atoms with Gasteiger partial charge in [0.05, 0.1) is 25.2 Å². The van der Waals surface area contributed by atoms with Crippen molar-refractivity contribution in [1.29, 1.82) is 0 Å². The summed E-state index contributed by atoms with van der Waals surface area (Å²) in [5, 5.41) is 4.50. The van der Waals surface area contributed by atoms with Crippen LogP contribution in [0.15, 0.2) is 42.9 Å². The van der Waals surface area contributed by atoms with E-state index in [1.54, 1.807) is 7.11 Å². The van der Waals surface area contributed by atoms with Crippen LogP contribution in [-0.4, -0.2) is 44.4 Å². The molecule has 4 heterocycles. The number of aromatic nitrogens is 4. The van der Waals surface area contributed by atoms with Crippen molar-refractivity contribution in [1.82, 2.24) is 24.2 Å². The van der Waals surface area contributed by atoms with Crippen LogP contribution in [0.4, 0.5) is 0 Å². The summed E-state index contributed by atoms with van der Waals surface area (Å²) in [4.78, 5) is 7.36. The summed E-state index contributed by atoms with van der Waals surface area (Å²) in [5.41, 5.74) is 3.91. The molecule has 0 amide bonds. The lowest BCUT2D eigenvalue weighted by Gasteiger charge is -2.23. The van der Waals surface area contributed by atoms with Gasteiger partial charge < -0.3 is 9.30 Å². The highest BCUT2D eigenvalue weighted by Crippen LogP contribution is 2.43. The molecule has 0 saturated carbocycles. The molecule has 6 nitrogen and oxygen atoms in total. The molecule has 1 spiro atoms. The molecule has 1 atom stereocenters. The normalized spacial score (nSPS) is 21.4. The molecule has 5 rings (SSSR count). The first-order chi connectivity index (χ1) is 14.1. The highest BCUT2D eigenvalue weighted by Gasteiger charge is 2.44. The second-order valence-corrected chi connectivity index (χ2v) is 8.91. The third-order valence-electron chi connectivity index (χ3n) is 6.46. The highest BCUT2D eigenvalue weighted by atomic mass is 16.5. The number of hydrogen-bond donors (Lipinski definition) is 0. The lowest BCUT2D eigenvalue weighted by molar-refractivity contribution is 0.247. The largest absolute Gasteiger partial charge is 0.496 e. The minimum atomic E-state index is 0.300. The van der Waals surface area contributed by atoms with Gasteiger partial charge in [-0.3, -0.25) is 9.58 Å². The predicted molar refractivity (Wildman–Crippen MR) is 113 cm³/mol. The van der Waals surface area contributed by atoms with Crippen LogP contribution in [0.3, 0.4) is 0 Å². The molecule has 2 aliphatic rings. The van der Waals surface area contributed by atoms with Crippen molar-refractivity contribution in [3.8, 4) is 17.0 Å². The van der Waals surface area contributed by atoms with Crippen molar-refractivity contribution < 1.29 is 4.74 Å². The Hall–Kier alpha value is -2.60. The van der Waals surface area contributed by atoms with Gasteiger partial charge in [-0.15, -0.1) is 0 Å². The second kappa shape index (κ2) is 7.02. The molecule has 1 saturated heterocycles. The summed E-state index contributed by atoms with van der Waals surface area (Å²) in [7, 11) is 1.73. The fourth-order valence-corrected chi connectivity index (χ4v) is 4.97. The number of rotatable bonds is 5. The van der Waals surface area contributed by atoms with Gasteiger partial charge in [0.1, 0.15) is 11.6 Å². The molecule has 0 N–H and O–H groups in total. The quantitative estimate of drug-likeness (QED) is 0.664. The SMILES string of the molecule is COc1ccccc1-c1cnc2n1C[C@]1(CCN(Cc3cnn(C(C)C)c3)C1)C2. The lowest BCUT2D eigenvalue weighted by atomic mass is 9.86. The number of fused-ring (bicyclic) bond motifs is 1. The van der Waals surface area contributed by atoms with E-state index in [0.29, 0.717) is 11.5 Å². The van der Waals surface area contributed by atoms with Gasteiger partial charge in [0, 0.05) is 54.8 Å². The van der Waals surface area contributed by atoms with Crippen molar-refractivity contribution in [2.75, 3.05) is 20.2 Å². The van der Waals surface area contributed by atoms with E-state index in [9.17, 15) is 0 Å². The first kappa shape index (κ1) is 18.4. The number of hydrogen-bond acceptors (Lipinski definition) is 4. The van der Waals surface area contributed by atoms with Crippen LogP contribution >= 0.6 is 0 Å². The molecule has 2 aromatic heterocycles. The van der Waals surface area contributed by atoms with E-state index in [1.165, 1.54) is 23.5 Å². The molecule has 6 heteroatoms. The Labute approximate surface area is 172 Å². The zero-order valence-electron chi connectivity index (χ0n) is 17.5. The van der Waals surface area contributed by atoms with E-state index in [4.69, 9.17) is 9.72 Å². The van der Waals surface area contributed by atoms with E-state index in [1.807, 2.05) is 29.2 Å². The van der Waals surface area contributed by atoms with Crippen LogP contribution in [0.1, 0.15) is 37.7 Å². The van der Waals surface area contributed by atoms with E-state index < -0.39 is 0 Å².